The maximum atomic E-state index is 12.3. The molecule has 5 nitrogen and oxygen atoms in total. The monoisotopic (exact) mass is 283 g/mol. The molecule has 2 heterocycles. The third-order valence-corrected chi connectivity index (χ3v) is 4.97. The molecule has 1 saturated carbocycles. The fourth-order valence-corrected chi connectivity index (χ4v) is 3.65. The van der Waals surface area contributed by atoms with E-state index in [0.717, 1.165) is 25.9 Å². The van der Waals surface area contributed by atoms with Crippen molar-refractivity contribution in [2.45, 2.75) is 56.8 Å². The van der Waals surface area contributed by atoms with Crippen LogP contribution in [0, 0.1) is 0 Å². The second-order valence-electron chi connectivity index (χ2n) is 6.33. The summed E-state index contributed by atoms with van der Waals surface area (Å²) in [7, 11) is 0. The number of nitrogens with zero attached hydrogens (tertiary/aromatic N) is 1. The number of piperidine rings is 1. The third kappa shape index (κ3) is 3.32. The number of carbonyl (C=O) groups excluding carboxylic acids is 1. The van der Waals surface area contributed by atoms with E-state index >= 15 is 0 Å². The highest BCUT2D eigenvalue weighted by Crippen LogP contribution is 2.31. The Morgan fingerprint density at radius 1 is 1.10 bits per heavy atom. The number of hydrogen-bond acceptors (Lipinski definition) is 3. The lowest BCUT2D eigenvalue weighted by molar-refractivity contribution is -0.682. The molecule has 1 aliphatic carbocycles. The minimum atomic E-state index is -0.371. The summed E-state index contributed by atoms with van der Waals surface area (Å²) in [6, 6.07) is 0.672. The highest BCUT2D eigenvalue weighted by Gasteiger charge is 2.40. The zero-order chi connectivity index (χ0) is 13.8. The molecule has 0 aromatic heterocycles. The normalized spacial score (nSPS) is 27.1. The first-order valence-corrected chi connectivity index (χ1v) is 8.16. The van der Waals surface area contributed by atoms with Gasteiger partial charge in [0.25, 0.3) is 5.91 Å². The zero-order valence-corrected chi connectivity index (χ0v) is 12.3. The summed E-state index contributed by atoms with van der Waals surface area (Å²) in [6.45, 7) is 3.56. The molecule has 5 heteroatoms. The highest BCUT2D eigenvalue weighted by atomic mass is 16.7. The van der Waals surface area contributed by atoms with Gasteiger partial charge in [0.05, 0.1) is 19.3 Å². The number of hydrogen-bond donors (Lipinski definition) is 1. The predicted octanol–water partition coefficient (Wildman–Crippen LogP) is 0.248. The molecule has 0 aromatic rings. The Labute approximate surface area is 121 Å². The first-order chi connectivity index (χ1) is 9.77. The first kappa shape index (κ1) is 14.3. The fraction of sp³-hybridized carbons (Fsp3) is 0.933. The van der Waals surface area contributed by atoms with Crippen LogP contribution in [0.4, 0.5) is 0 Å². The molecule has 2 saturated heterocycles. The zero-order valence-electron chi connectivity index (χ0n) is 12.3. The van der Waals surface area contributed by atoms with Crippen molar-refractivity contribution in [1.82, 2.24) is 4.90 Å². The lowest BCUT2D eigenvalue weighted by Crippen LogP contribution is -2.92. The van der Waals surface area contributed by atoms with E-state index in [1.807, 2.05) is 4.90 Å². The standard InChI is InChI=1S/C15H26N2O3/c18-14(12-16-13-4-2-1-3-5-13)17-8-6-15(7-9-17)19-10-11-20-15/h13,16H,1-12H2/p+1. The van der Waals surface area contributed by atoms with Gasteiger partial charge < -0.3 is 19.7 Å². The van der Waals surface area contributed by atoms with Gasteiger partial charge in [-0.2, -0.15) is 0 Å². The van der Waals surface area contributed by atoms with Gasteiger partial charge in [-0.3, -0.25) is 4.79 Å². The maximum absolute atomic E-state index is 12.3. The smallest absolute Gasteiger partial charge is 0.277 e. The van der Waals surface area contributed by atoms with Crippen LogP contribution in [0.3, 0.4) is 0 Å². The summed E-state index contributed by atoms with van der Waals surface area (Å²) in [4.78, 5) is 14.2. The topological polar surface area (TPSA) is 55.4 Å². The van der Waals surface area contributed by atoms with Gasteiger partial charge in [-0.25, -0.2) is 0 Å². The van der Waals surface area contributed by atoms with Crippen molar-refractivity contribution in [3.8, 4) is 0 Å². The quantitative estimate of drug-likeness (QED) is 0.808. The summed E-state index contributed by atoms with van der Waals surface area (Å²) in [5, 5.41) is 2.26. The summed E-state index contributed by atoms with van der Waals surface area (Å²) in [5.41, 5.74) is 0. The molecule has 0 bridgehead atoms. The molecule has 2 aliphatic heterocycles. The molecular formula is C15H27N2O3+. The Bertz CT molecular complexity index is 326. The van der Waals surface area contributed by atoms with Crippen LogP contribution in [-0.4, -0.2) is 55.5 Å². The van der Waals surface area contributed by atoms with Crippen LogP contribution < -0.4 is 5.32 Å². The lowest BCUT2D eigenvalue weighted by Gasteiger charge is -2.37. The SMILES string of the molecule is O=C(C[NH2+]C1CCCCC1)N1CCC2(CC1)OCCO2. The second-order valence-corrected chi connectivity index (χ2v) is 6.33. The van der Waals surface area contributed by atoms with Gasteiger partial charge in [-0.15, -0.1) is 0 Å². The molecular weight excluding hydrogens is 256 g/mol. The van der Waals surface area contributed by atoms with Gasteiger partial charge in [0.15, 0.2) is 12.3 Å². The van der Waals surface area contributed by atoms with Gasteiger partial charge in [0.2, 0.25) is 0 Å². The molecule has 3 fully saturated rings. The predicted molar refractivity (Wildman–Crippen MR) is 74.1 cm³/mol. The molecule has 20 heavy (non-hydrogen) atoms. The van der Waals surface area contributed by atoms with E-state index in [4.69, 9.17) is 9.47 Å². The van der Waals surface area contributed by atoms with E-state index in [0.29, 0.717) is 25.8 Å². The van der Waals surface area contributed by atoms with Crippen LogP contribution in [-0.2, 0) is 14.3 Å². The number of amides is 1. The van der Waals surface area contributed by atoms with Crippen LogP contribution in [0.25, 0.3) is 0 Å². The number of carbonyl (C=O) groups is 1. The second kappa shape index (κ2) is 6.41. The van der Waals surface area contributed by atoms with E-state index < -0.39 is 0 Å². The minimum Gasteiger partial charge on any atom is -0.347 e. The Balaban J connectivity index is 1.39. The number of quaternary nitrogens is 1. The van der Waals surface area contributed by atoms with E-state index in [2.05, 4.69) is 5.32 Å². The van der Waals surface area contributed by atoms with Crippen LogP contribution in [0.1, 0.15) is 44.9 Å². The largest absolute Gasteiger partial charge is 0.347 e. The van der Waals surface area contributed by atoms with Crippen LogP contribution >= 0.6 is 0 Å². The van der Waals surface area contributed by atoms with Gasteiger partial charge >= 0.3 is 0 Å². The molecule has 0 unspecified atom stereocenters. The van der Waals surface area contributed by atoms with Crippen molar-refractivity contribution in [1.29, 1.82) is 0 Å². The number of rotatable bonds is 3. The van der Waals surface area contributed by atoms with Crippen molar-refractivity contribution >= 4 is 5.91 Å². The fourth-order valence-electron chi connectivity index (χ4n) is 3.65. The van der Waals surface area contributed by atoms with Crippen molar-refractivity contribution in [2.75, 3.05) is 32.8 Å². The van der Waals surface area contributed by atoms with Crippen molar-refractivity contribution in [3.05, 3.63) is 0 Å². The summed E-state index contributed by atoms with van der Waals surface area (Å²) >= 11 is 0. The maximum Gasteiger partial charge on any atom is 0.277 e. The van der Waals surface area contributed by atoms with Crippen molar-refractivity contribution in [2.24, 2.45) is 0 Å². The molecule has 0 radical (unpaired) electrons. The van der Waals surface area contributed by atoms with Gasteiger partial charge in [-0.05, 0) is 25.7 Å². The lowest BCUT2D eigenvalue weighted by atomic mass is 9.95. The number of likely N-dealkylation sites (tertiary alicyclic amines) is 1. The van der Waals surface area contributed by atoms with Gasteiger partial charge in [0.1, 0.15) is 0 Å². The Morgan fingerprint density at radius 2 is 1.75 bits per heavy atom. The average Bonchev–Trinajstić information content (AvgIpc) is 2.95. The molecule has 1 spiro atoms. The number of nitrogens with two attached hydrogens (primary N) is 1. The molecule has 0 aromatic carbocycles. The van der Waals surface area contributed by atoms with Crippen LogP contribution in [0.2, 0.25) is 0 Å². The Kier molecular flexibility index (Phi) is 4.58. The molecule has 1 amide bonds. The molecule has 3 aliphatic rings. The number of ether oxygens (including phenoxy) is 2. The molecule has 0 atom stereocenters. The van der Waals surface area contributed by atoms with Crippen LogP contribution in [0.15, 0.2) is 0 Å². The highest BCUT2D eigenvalue weighted by molar-refractivity contribution is 5.77. The van der Waals surface area contributed by atoms with Crippen molar-refractivity contribution < 1.29 is 19.6 Å². The Hall–Kier alpha value is -0.650. The first-order valence-electron chi connectivity index (χ1n) is 8.16. The minimum absolute atomic E-state index is 0.281. The van der Waals surface area contributed by atoms with E-state index in [-0.39, 0.29) is 11.7 Å². The Morgan fingerprint density at radius 3 is 2.40 bits per heavy atom. The van der Waals surface area contributed by atoms with E-state index in [9.17, 15) is 4.79 Å². The molecule has 114 valence electrons. The van der Waals surface area contributed by atoms with Gasteiger partial charge in [-0.1, -0.05) is 6.42 Å². The molecule has 2 N–H and O–H groups in total. The average molecular weight is 283 g/mol. The summed E-state index contributed by atoms with van der Waals surface area (Å²) < 4.78 is 11.4. The van der Waals surface area contributed by atoms with E-state index in [1.54, 1.807) is 0 Å². The van der Waals surface area contributed by atoms with Crippen LogP contribution in [0.5, 0.6) is 0 Å². The molecule has 3 rings (SSSR count). The third-order valence-electron chi connectivity index (χ3n) is 4.97. The van der Waals surface area contributed by atoms with Crippen molar-refractivity contribution in [3.63, 3.8) is 0 Å². The summed E-state index contributed by atoms with van der Waals surface area (Å²) in [6.07, 6.45) is 8.22. The summed E-state index contributed by atoms with van der Waals surface area (Å²) in [5.74, 6) is -0.0902. The van der Waals surface area contributed by atoms with Gasteiger partial charge in [0, 0.05) is 25.9 Å². The van der Waals surface area contributed by atoms with E-state index in [1.165, 1.54) is 32.1 Å².